The highest BCUT2D eigenvalue weighted by Gasteiger charge is 2.20. The highest BCUT2D eigenvalue weighted by Crippen LogP contribution is 2.21. The summed E-state index contributed by atoms with van der Waals surface area (Å²) in [6.07, 6.45) is 40.5. The minimum absolute atomic E-state index is 0.102. The van der Waals surface area contributed by atoms with Gasteiger partial charge in [0.05, 0.1) is 13.2 Å². The number of ether oxygens (including phenoxy) is 4. The number of hydrogen-bond acceptors (Lipinski definition) is 11. The van der Waals surface area contributed by atoms with Gasteiger partial charge in [0.2, 0.25) is 0 Å². The van der Waals surface area contributed by atoms with Crippen molar-refractivity contribution in [1.82, 2.24) is 19.6 Å². The molecule has 0 fully saturated rings. The second kappa shape index (κ2) is 59.5. The summed E-state index contributed by atoms with van der Waals surface area (Å²) in [5.41, 5.74) is 0. The van der Waals surface area contributed by atoms with E-state index in [2.05, 4.69) is 58.3 Å². The van der Waals surface area contributed by atoms with Crippen LogP contribution >= 0.6 is 0 Å². The van der Waals surface area contributed by atoms with Crippen molar-refractivity contribution < 1.29 is 43.2 Å². The van der Waals surface area contributed by atoms with Crippen molar-refractivity contribution in [1.29, 1.82) is 0 Å². The van der Waals surface area contributed by atoms with Crippen molar-refractivity contribution in [2.75, 3.05) is 98.5 Å². The van der Waals surface area contributed by atoms with Gasteiger partial charge in [0.15, 0.2) is 0 Å². The molecule has 0 radical (unpaired) electrons. The number of esters is 2. The summed E-state index contributed by atoms with van der Waals surface area (Å²) in [4.78, 5) is 61.6. The molecule has 0 atom stereocenters. The monoisotopic (exact) mass is 1140 g/mol. The Bertz CT molecular complexity index is 1270. The van der Waals surface area contributed by atoms with Crippen molar-refractivity contribution in [2.24, 2.45) is 11.8 Å². The van der Waals surface area contributed by atoms with Gasteiger partial charge in [-0.25, -0.2) is 9.59 Å². The minimum atomic E-state index is -0.283. The topological polar surface area (TPSA) is 138 Å². The van der Waals surface area contributed by atoms with Crippen LogP contribution in [0.5, 0.6) is 0 Å². The molecule has 0 heterocycles. The molecule has 1 N–H and O–H groups in total. The van der Waals surface area contributed by atoms with E-state index in [9.17, 15) is 24.3 Å². The van der Waals surface area contributed by atoms with Gasteiger partial charge in [-0.15, -0.1) is 0 Å². The van der Waals surface area contributed by atoms with E-state index in [0.717, 1.165) is 135 Å². The molecule has 0 unspecified atom stereocenters. The fourth-order valence-corrected chi connectivity index (χ4v) is 10.6. The van der Waals surface area contributed by atoms with Crippen LogP contribution in [0.1, 0.15) is 299 Å². The average Bonchev–Trinajstić information content (AvgIpc) is 3.45. The molecule has 0 rings (SSSR count). The SMILES string of the molecule is CCCCCCCCN(CCCCCC(=O)OCC(CCCCC)CCCCC)C(=O)OCCN(CCCN(CC)CCCCO)CCOC(=O)N(CCCCCCCC)CCCCCC(=O)OCC(CCCCC)CCCCC. The van der Waals surface area contributed by atoms with Crippen LogP contribution in [0.4, 0.5) is 9.59 Å². The Morgan fingerprint density at radius 3 is 1.00 bits per heavy atom. The summed E-state index contributed by atoms with van der Waals surface area (Å²) in [5.74, 6) is 0.710. The van der Waals surface area contributed by atoms with Crippen LogP contribution in [0.15, 0.2) is 0 Å². The molecule has 0 spiro atoms. The summed E-state index contributed by atoms with van der Waals surface area (Å²) in [6.45, 7) is 24.5. The fourth-order valence-electron chi connectivity index (χ4n) is 10.6. The highest BCUT2D eigenvalue weighted by molar-refractivity contribution is 5.70. The first-order valence-electron chi connectivity index (χ1n) is 34.3. The van der Waals surface area contributed by atoms with Gasteiger partial charge in [0, 0.05) is 58.7 Å². The average molecular weight is 1140 g/mol. The first kappa shape index (κ1) is 77.4. The largest absolute Gasteiger partial charge is 0.465 e. The number of aliphatic hydroxyl groups excluding tert-OH is 1. The maximum absolute atomic E-state index is 13.8. The summed E-state index contributed by atoms with van der Waals surface area (Å²) < 4.78 is 23.7. The molecular weight excluding hydrogens is 1000 g/mol. The van der Waals surface area contributed by atoms with Gasteiger partial charge in [-0.3, -0.25) is 14.5 Å². The Kier molecular flexibility index (Phi) is 57.6. The van der Waals surface area contributed by atoms with Crippen LogP contribution < -0.4 is 0 Å². The van der Waals surface area contributed by atoms with Crippen LogP contribution in [0.3, 0.4) is 0 Å². The first-order chi connectivity index (χ1) is 39.1. The molecule has 2 amide bonds. The predicted molar refractivity (Wildman–Crippen MR) is 334 cm³/mol. The number of aliphatic hydroxyl groups is 1. The zero-order valence-corrected chi connectivity index (χ0v) is 53.8. The number of amides is 2. The quantitative estimate of drug-likeness (QED) is 0.0354. The third kappa shape index (κ3) is 48.8. The first-order valence-corrected chi connectivity index (χ1v) is 34.3. The molecule has 0 aliphatic rings. The van der Waals surface area contributed by atoms with E-state index in [1.165, 1.54) is 128 Å². The molecule has 13 nitrogen and oxygen atoms in total. The van der Waals surface area contributed by atoms with Crippen molar-refractivity contribution in [3.8, 4) is 0 Å². The number of carbonyl (C=O) groups is 4. The molecule has 0 saturated heterocycles. The maximum atomic E-state index is 13.8. The molecule has 0 aromatic carbocycles. The van der Waals surface area contributed by atoms with Crippen molar-refractivity contribution in [3.63, 3.8) is 0 Å². The summed E-state index contributed by atoms with van der Waals surface area (Å²) in [6, 6.07) is 0. The highest BCUT2D eigenvalue weighted by atomic mass is 16.6. The van der Waals surface area contributed by atoms with E-state index in [1.54, 1.807) is 0 Å². The Hall–Kier alpha value is -2.64. The van der Waals surface area contributed by atoms with E-state index < -0.39 is 0 Å². The third-order valence-corrected chi connectivity index (χ3v) is 16.1. The molecule has 0 saturated carbocycles. The van der Waals surface area contributed by atoms with E-state index in [4.69, 9.17) is 18.9 Å². The number of carbonyl (C=O) groups excluding carboxylic acids is 4. The van der Waals surface area contributed by atoms with Gasteiger partial charge in [-0.1, -0.05) is 203 Å². The lowest BCUT2D eigenvalue weighted by atomic mass is 9.96. The van der Waals surface area contributed by atoms with Crippen molar-refractivity contribution in [2.45, 2.75) is 299 Å². The van der Waals surface area contributed by atoms with Gasteiger partial charge in [-0.05, 0) is 121 Å². The lowest BCUT2D eigenvalue weighted by molar-refractivity contribution is -0.146. The summed E-state index contributed by atoms with van der Waals surface area (Å²) in [5, 5.41) is 9.37. The lowest BCUT2D eigenvalue weighted by Gasteiger charge is -2.27. The molecule has 474 valence electrons. The molecule has 0 aromatic heterocycles. The van der Waals surface area contributed by atoms with Crippen LogP contribution in [-0.2, 0) is 28.5 Å². The molecule has 13 heteroatoms. The molecule has 0 aromatic rings. The summed E-state index contributed by atoms with van der Waals surface area (Å²) >= 11 is 0. The number of rotatable bonds is 61. The van der Waals surface area contributed by atoms with Gasteiger partial charge in [0.25, 0.3) is 0 Å². The number of nitrogens with zero attached hydrogens (tertiary/aromatic N) is 4. The van der Waals surface area contributed by atoms with Crippen molar-refractivity contribution >= 4 is 24.1 Å². The van der Waals surface area contributed by atoms with Crippen molar-refractivity contribution in [3.05, 3.63) is 0 Å². The normalized spacial score (nSPS) is 11.6. The Morgan fingerprint density at radius 1 is 0.325 bits per heavy atom. The number of hydrogen-bond donors (Lipinski definition) is 1. The molecule has 80 heavy (non-hydrogen) atoms. The zero-order valence-electron chi connectivity index (χ0n) is 53.8. The van der Waals surface area contributed by atoms with Crippen LogP contribution in [0, 0.1) is 11.8 Å². The Labute approximate surface area is 494 Å². The lowest BCUT2D eigenvalue weighted by Crippen LogP contribution is -2.39. The van der Waals surface area contributed by atoms with Gasteiger partial charge < -0.3 is 38.8 Å². The molecular formula is C67H132N4O9. The van der Waals surface area contributed by atoms with Crippen LogP contribution in [-0.4, -0.2) is 147 Å². The Balaban J connectivity index is 5.63. The second-order valence-electron chi connectivity index (χ2n) is 23.5. The zero-order chi connectivity index (χ0) is 58.8. The standard InChI is InChI=1S/C67H132N4O9/c1-8-15-21-23-25-35-51-70(53-37-27-33-46-64(73)79-60-62(42-29-17-10-3)43-30-18-11-4)66(75)77-58-55-69(50-41-49-68(14-7)48-39-40-57-72)56-59-78-67(76)71(52-36-26-24-22-16-9-2)54-38-28-34-47-65(74)80-61-63(44-31-19-12-5)45-32-20-13-6/h62-63,72H,8-61H2,1-7H3. The van der Waals surface area contributed by atoms with E-state index in [-0.39, 0.29) is 43.9 Å². The van der Waals surface area contributed by atoms with E-state index in [0.29, 0.717) is 77.2 Å². The maximum Gasteiger partial charge on any atom is 0.409 e. The van der Waals surface area contributed by atoms with Gasteiger partial charge in [-0.2, -0.15) is 0 Å². The minimum Gasteiger partial charge on any atom is -0.465 e. The smallest absolute Gasteiger partial charge is 0.409 e. The Morgan fingerprint density at radius 2 is 0.637 bits per heavy atom. The molecule has 0 aliphatic heterocycles. The number of unbranched alkanes of at least 4 members (excludes halogenated alkanes) is 23. The van der Waals surface area contributed by atoms with Crippen LogP contribution in [0.2, 0.25) is 0 Å². The van der Waals surface area contributed by atoms with E-state index >= 15 is 0 Å². The van der Waals surface area contributed by atoms with Gasteiger partial charge in [0.1, 0.15) is 13.2 Å². The third-order valence-electron chi connectivity index (χ3n) is 16.1. The van der Waals surface area contributed by atoms with Gasteiger partial charge >= 0.3 is 24.1 Å². The molecule has 0 aliphatic carbocycles. The predicted octanol–water partition coefficient (Wildman–Crippen LogP) is 17.1. The van der Waals surface area contributed by atoms with E-state index in [1.807, 2.05) is 9.80 Å². The molecule has 0 bridgehead atoms. The van der Waals surface area contributed by atoms with Crippen LogP contribution in [0.25, 0.3) is 0 Å². The second-order valence-corrected chi connectivity index (χ2v) is 23.5. The summed E-state index contributed by atoms with van der Waals surface area (Å²) in [7, 11) is 0. The fraction of sp³-hybridized carbons (Fsp3) is 0.940.